The van der Waals surface area contributed by atoms with Crippen molar-refractivity contribution in [3.8, 4) is 0 Å². The molecule has 80 heavy (non-hydrogen) atoms. The summed E-state index contributed by atoms with van der Waals surface area (Å²) in [5.41, 5.74) is 0. The molecule has 0 bridgehead atoms. The Hall–Kier alpha value is -1.77. The Labute approximate surface area is 497 Å². The summed E-state index contributed by atoms with van der Waals surface area (Å²) in [6, 6.07) is 0. The Morgan fingerprint density at radius 3 is 1.06 bits per heavy atom. The maximum atomic E-state index is 12.8. The van der Waals surface area contributed by atoms with Gasteiger partial charge in [0.25, 0.3) is 7.82 Å². The second kappa shape index (κ2) is 61.8. The first-order valence-corrected chi connectivity index (χ1v) is 36.2. The van der Waals surface area contributed by atoms with E-state index >= 15 is 0 Å². The lowest BCUT2D eigenvalue weighted by atomic mass is 10.0. The van der Waals surface area contributed by atoms with E-state index in [1.807, 2.05) is 21.1 Å². The van der Waals surface area contributed by atoms with Crippen LogP contribution in [-0.2, 0) is 32.7 Å². The zero-order valence-corrected chi connectivity index (χ0v) is 54.7. The van der Waals surface area contributed by atoms with Gasteiger partial charge in [-0.1, -0.05) is 326 Å². The van der Waals surface area contributed by atoms with Crippen LogP contribution in [0.3, 0.4) is 0 Å². The highest BCUT2D eigenvalue weighted by molar-refractivity contribution is 7.45. The number of nitrogens with zero attached hydrogens (tertiary/aromatic N) is 1. The van der Waals surface area contributed by atoms with Crippen LogP contribution < -0.4 is 4.89 Å². The lowest BCUT2D eigenvalue weighted by molar-refractivity contribution is -0.870. The summed E-state index contributed by atoms with van der Waals surface area (Å²) in [5.74, 6) is -0.830. The highest BCUT2D eigenvalue weighted by Crippen LogP contribution is 2.38. The average Bonchev–Trinajstić information content (AvgIpc) is 3.42. The van der Waals surface area contributed by atoms with Crippen LogP contribution in [0, 0.1) is 0 Å². The third kappa shape index (κ3) is 65.4. The van der Waals surface area contributed by atoms with Crippen LogP contribution in [0.4, 0.5) is 0 Å². The first-order valence-electron chi connectivity index (χ1n) is 34.7. The van der Waals surface area contributed by atoms with Crippen molar-refractivity contribution in [2.45, 2.75) is 354 Å². The number of allylic oxidation sites excluding steroid dienone is 6. The summed E-state index contributed by atoms with van der Waals surface area (Å²) in [7, 11) is 1.17. The molecule has 0 heterocycles. The molecule has 472 valence electrons. The van der Waals surface area contributed by atoms with Crippen molar-refractivity contribution in [3.05, 3.63) is 36.5 Å². The molecule has 0 aliphatic heterocycles. The number of ether oxygens (including phenoxy) is 2. The number of hydrogen-bond acceptors (Lipinski definition) is 8. The molecule has 10 heteroatoms. The highest BCUT2D eigenvalue weighted by atomic mass is 31.2. The van der Waals surface area contributed by atoms with E-state index in [-0.39, 0.29) is 32.0 Å². The van der Waals surface area contributed by atoms with Crippen LogP contribution in [0.1, 0.15) is 348 Å². The van der Waals surface area contributed by atoms with E-state index in [0.29, 0.717) is 17.4 Å². The number of unbranched alkanes of at least 4 members (excludes halogenated alkanes) is 45. The minimum Gasteiger partial charge on any atom is -0.756 e. The van der Waals surface area contributed by atoms with Gasteiger partial charge in [0.05, 0.1) is 27.7 Å². The normalized spacial score (nSPS) is 13.3. The fraction of sp³-hybridized carbons (Fsp3) is 0.886. The molecular formula is C70H134NO8P. The van der Waals surface area contributed by atoms with Crippen molar-refractivity contribution >= 4 is 19.8 Å². The van der Waals surface area contributed by atoms with Gasteiger partial charge in [-0.25, -0.2) is 0 Å². The Balaban J connectivity index is 3.85. The average molecular weight is 1150 g/mol. The fourth-order valence-corrected chi connectivity index (χ4v) is 11.1. The molecule has 0 aromatic heterocycles. The number of rotatable bonds is 65. The molecule has 0 aliphatic rings. The molecule has 9 nitrogen and oxygen atoms in total. The third-order valence-electron chi connectivity index (χ3n) is 15.7. The second-order valence-electron chi connectivity index (χ2n) is 24.9. The molecule has 0 amide bonds. The van der Waals surface area contributed by atoms with Gasteiger partial charge in [0.2, 0.25) is 0 Å². The number of phosphoric ester groups is 1. The molecule has 0 aromatic rings. The monoisotopic (exact) mass is 1150 g/mol. The van der Waals surface area contributed by atoms with Crippen molar-refractivity contribution in [2.24, 2.45) is 0 Å². The molecule has 0 rings (SSSR count). The van der Waals surface area contributed by atoms with Crippen molar-refractivity contribution in [2.75, 3.05) is 47.5 Å². The summed E-state index contributed by atoms with van der Waals surface area (Å²) in [4.78, 5) is 37.9. The van der Waals surface area contributed by atoms with Gasteiger partial charge >= 0.3 is 11.9 Å². The van der Waals surface area contributed by atoms with Gasteiger partial charge in [0.15, 0.2) is 6.10 Å². The lowest BCUT2D eigenvalue weighted by Gasteiger charge is -2.28. The molecule has 0 saturated carbocycles. The van der Waals surface area contributed by atoms with E-state index in [1.165, 1.54) is 250 Å². The van der Waals surface area contributed by atoms with Crippen molar-refractivity contribution in [1.29, 1.82) is 0 Å². The van der Waals surface area contributed by atoms with Gasteiger partial charge in [0.1, 0.15) is 19.8 Å². The molecule has 0 fully saturated rings. The Morgan fingerprint density at radius 1 is 0.400 bits per heavy atom. The molecule has 0 spiro atoms. The number of hydrogen-bond donors (Lipinski definition) is 0. The molecular weight excluding hydrogens is 1010 g/mol. The second-order valence-corrected chi connectivity index (χ2v) is 26.3. The third-order valence-corrected chi connectivity index (χ3v) is 16.6. The van der Waals surface area contributed by atoms with Gasteiger partial charge < -0.3 is 27.9 Å². The largest absolute Gasteiger partial charge is 0.756 e. The first kappa shape index (κ1) is 78.2. The van der Waals surface area contributed by atoms with E-state index in [4.69, 9.17) is 18.5 Å². The van der Waals surface area contributed by atoms with E-state index in [1.54, 1.807) is 0 Å². The summed E-state index contributed by atoms with van der Waals surface area (Å²) in [6.07, 6.45) is 78.3. The van der Waals surface area contributed by atoms with Crippen LogP contribution >= 0.6 is 7.82 Å². The van der Waals surface area contributed by atoms with Crippen LogP contribution in [-0.4, -0.2) is 70.0 Å². The van der Waals surface area contributed by atoms with Crippen molar-refractivity contribution in [1.82, 2.24) is 0 Å². The summed E-state index contributed by atoms with van der Waals surface area (Å²) in [6.45, 7) is 4.17. The standard InChI is InChI=1S/C70H134NO8P/c1-6-8-10-12-14-16-18-20-22-24-25-26-27-28-29-30-31-32-33-34-35-36-37-38-39-40-41-42-43-44-45-47-48-50-52-54-56-58-60-62-69(72)76-66-68(67-78-80(74,75)77-65-64-71(3,4)5)79-70(73)63-61-59-57-55-53-51-49-46-23-21-19-17-15-13-11-9-7-2/h9,11,15,17,21,23,68H,6-8,10,12-14,16,18-20,22,24-67H2,1-5H3/b11-9-,17-15-,23-21-. The maximum absolute atomic E-state index is 12.8. The predicted octanol–water partition coefficient (Wildman–Crippen LogP) is 21.6. The molecule has 0 aromatic carbocycles. The van der Waals surface area contributed by atoms with Crippen LogP contribution in [0.25, 0.3) is 0 Å². The number of phosphoric acid groups is 1. The number of esters is 2. The Kier molecular flexibility index (Phi) is 60.4. The number of likely N-dealkylation sites (N-methyl/N-ethyl adjacent to an activating group) is 1. The minimum absolute atomic E-state index is 0.0317. The van der Waals surface area contributed by atoms with Crippen LogP contribution in [0.5, 0.6) is 0 Å². The lowest BCUT2D eigenvalue weighted by Crippen LogP contribution is -2.37. The zero-order valence-electron chi connectivity index (χ0n) is 53.8. The first-order chi connectivity index (χ1) is 39.0. The van der Waals surface area contributed by atoms with Gasteiger partial charge in [-0.05, 0) is 44.9 Å². The summed E-state index contributed by atoms with van der Waals surface area (Å²) < 4.78 is 34.2. The number of carbonyl (C=O) groups is 2. The van der Waals surface area contributed by atoms with E-state index in [0.717, 1.165) is 64.2 Å². The summed E-state index contributed by atoms with van der Waals surface area (Å²) >= 11 is 0. The predicted molar refractivity (Wildman–Crippen MR) is 342 cm³/mol. The molecule has 0 aliphatic carbocycles. The van der Waals surface area contributed by atoms with E-state index in [9.17, 15) is 19.0 Å². The molecule has 2 unspecified atom stereocenters. The van der Waals surface area contributed by atoms with Gasteiger partial charge in [-0.3, -0.25) is 14.2 Å². The SMILES string of the molecule is CC/C=C\C/C=C\C/C=C\CCCCCCCCCC(=O)OC(COC(=O)CCCCCCCCCCCCCCCCCCCCCCCCCCCCCCCCCCCCCCCCC)COP(=O)([O-])OCC[N+](C)(C)C. The summed E-state index contributed by atoms with van der Waals surface area (Å²) in [5, 5.41) is 0. The molecule has 0 radical (unpaired) electrons. The zero-order chi connectivity index (χ0) is 58.4. The van der Waals surface area contributed by atoms with E-state index in [2.05, 4.69) is 50.3 Å². The number of carbonyl (C=O) groups excluding carboxylic acids is 2. The maximum Gasteiger partial charge on any atom is 0.306 e. The van der Waals surface area contributed by atoms with E-state index < -0.39 is 26.5 Å². The molecule has 0 N–H and O–H groups in total. The quantitative estimate of drug-likeness (QED) is 0.0195. The van der Waals surface area contributed by atoms with Crippen molar-refractivity contribution < 1.29 is 42.1 Å². The van der Waals surface area contributed by atoms with Crippen LogP contribution in [0.2, 0.25) is 0 Å². The topological polar surface area (TPSA) is 111 Å². The molecule has 2 atom stereocenters. The highest BCUT2D eigenvalue weighted by Gasteiger charge is 2.22. The molecule has 0 saturated heterocycles. The van der Waals surface area contributed by atoms with Crippen molar-refractivity contribution in [3.63, 3.8) is 0 Å². The van der Waals surface area contributed by atoms with Gasteiger partial charge in [-0.15, -0.1) is 0 Å². The smallest absolute Gasteiger partial charge is 0.306 e. The minimum atomic E-state index is -4.64. The van der Waals surface area contributed by atoms with Gasteiger partial charge in [-0.2, -0.15) is 0 Å². The van der Waals surface area contributed by atoms with Gasteiger partial charge in [0, 0.05) is 12.8 Å². The fourth-order valence-electron chi connectivity index (χ4n) is 10.4. The number of quaternary nitrogens is 1. The van der Waals surface area contributed by atoms with Crippen LogP contribution in [0.15, 0.2) is 36.5 Å². The Morgan fingerprint density at radius 2 is 0.713 bits per heavy atom. The Bertz CT molecular complexity index is 1440.